The number of aromatic nitrogens is 4. The molecule has 1 aliphatic heterocycles. The van der Waals surface area contributed by atoms with Crippen LogP contribution in [0.15, 0.2) is 114 Å². The maximum absolute atomic E-state index is 14.3. The van der Waals surface area contributed by atoms with E-state index in [1.807, 2.05) is 97.1 Å². The summed E-state index contributed by atoms with van der Waals surface area (Å²) in [5.74, 6) is -1.08. The first-order valence-electron chi connectivity index (χ1n) is 15.9. The van der Waals surface area contributed by atoms with Crippen LogP contribution in [-0.2, 0) is 28.7 Å². The van der Waals surface area contributed by atoms with Crippen LogP contribution in [0.2, 0.25) is 0 Å². The van der Waals surface area contributed by atoms with E-state index in [9.17, 15) is 9.36 Å². The van der Waals surface area contributed by atoms with Crippen LogP contribution in [0, 0.1) is 0 Å². The highest BCUT2D eigenvalue weighted by atomic mass is 31.2. The molecule has 11 nitrogen and oxygen atoms in total. The van der Waals surface area contributed by atoms with Crippen molar-refractivity contribution in [2.75, 3.05) is 12.3 Å². The van der Waals surface area contributed by atoms with E-state index in [0.29, 0.717) is 0 Å². The van der Waals surface area contributed by atoms with Crippen LogP contribution in [-0.4, -0.2) is 50.3 Å². The van der Waals surface area contributed by atoms with E-state index in [1.165, 1.54) is 6.33 Å². The van der Waals surface area contributed by atoms with E-state index >= 15 is 0 Å². The normalized spacial score (nSPS) is 18.6. The summed E-state index contributed by atoms with van der Waals surface area (Å²) in [7, 11) is -3.83. The third kappa shape index (κ3) is 6.65. The zero-order valence-electron chi connectivity index (χ0n) is 27.3. The summed E-state index contributed by atoms with van der Waals surface area (Å²) in [4.78, 5) is 23.9. The minimum absolute atomic E-state index is 0.00585. The van der Waals surface area contributed by atoms with Crippen molar-refractivity contribution in [1.29, 1.82) is 0 Å². The molecule has 0 aliphatic carbocycles. The Kier molecular flexibility index (Phi) is 9.78. The minimum atomic E-state index is -3.83. The largest absolute Gasteiger partial charge is 0.369 e. The van der Waals surface area contributed by atoms with Gasteiger partial charge in [-0.25, -0.2) is 4.98 Å². The van der Waals surface area contributed by atoms with Crippen molar-refractivity contribution in [1.82, 2.24) is 19.5 Å². The number of nitrogens with two attached hydrogens (primary N) is 1. The fourth-order valence-electron chi connectivity index (χ4n) is 6.10. The number of aromatic amines is 1. The van der Waals surface area contributed by atoms with E-state index in [4.69, 9.17) is 24.3 Å². The Morgan fingerprint density at radius 1 is 0.875 bits per heavy atom. The van der Waals surface area contributed by atoms with E-state index in [2.05, 4.69) is 15.0 Å². The predicted octanol–water partition coefficient (Wildman–Crippen LogP) is 6.58. The van der Waals surface area contributed by atoms with Gasteiger partial charge in [-0.15, -0.1) is 0 Å². The number of nitrogen functional groups attached to an aromatic ring is 1. The van der Waals surface area contributed by atoms with Gasteiger partial charge in [0.1, 0.15) is 11.7 Å². The Hall–Kier alpha value is -4.38. The second kappa shape index (κ2) is 14.0. The highest BCUT2D eigenvalue weighted by Crippen LogP contribution is 2.58. The minimum Gasteiger partial charge on any atom is -0.369 e. The monoisotopic (exact) mass is 669 g/mol. The second-order valence-electron chi connectivity index (χ2n) is 12.2. The lowest BCUT2D eigenvalue weighted by molar-refractivity contribution is -0.0873. The highest BCUT2D eigenvalue weighted by molar-refractivity contribution is 7.54. The number of H-pyrrole nitrogens is 1. The van der Waals surface area contributed by atoms with Crippen molar-refractivity contribution in [3.8, 4) is 0 Å². The third-order valence-corrected chi connectivity index (χ3v) is 10.3. The maximum atomic E-state index is 14.3. The van der Waals surface area contributed by atoms with Crippen molar-refractivity contribution in [3.63, 3.8) is 0 Å². The molecule has 0 saturated heterocycles. The molecular weight excluding hydrogens is 629 g/mol. The third-order valence-electron chi connectivity index (χ3n) is 7.97. The quantitative estimate of drug-likeness (QED) is 0.0856. The fourth-order valence-corrected chi connectivity index (χ4v) is 8.18. The standard InChI is InChI=1S/C36H40N5O6P/c1-24(2)46-48(43,47-25(3)4)31-21-20-29(41-23-38-32-33(41)39-35(37)40-34(32)42)30(45-31)22-44-36(26-14-8-5-9-15-26,27-16-10-6-11-17-27)28-18-12-7-13-19-28/h5-21,23-25,29-31H,22H2,1-4H3,(H3,37,39,40,42)/t29-,30-,31-/m1/s1. The van der Waals surface area contributed by atoms with Gasteiger partial charge in [0.2, 0.25) is 5.95 Å². The molecule has 12 heteroatoms. The topological polar surface area (TPSA) is 144 Å². The maximum Gasteiger partial charge on any atom is 0.363 e. The molecule has 0 radical (unpaired) electrons. The summed E-state index contributed by atoms with van der Waals surface area (Å²) in [5.41, 5.74) is 7.56. The summed E-state index contributed by atoms with van der Waals surface area (Å²) >= 11 is 0. The van der Waals surface area contributed by atoms with Crippen molar-refractivity contribution < 1.29 is 23.1 Å². The van der Waals surface area contributed by atoms with E-state index in [0.717, 1.165) is 16.7 Å². The first-order chi connectivity index (χ1) is 23.1. The van der Waals surface area contributed by atoms with E-state index < -0.39 is 49.0 Å². The Labute approximate surface area is 279 Å². The molecule has 0 saturated carbocycles. The number of benzene rings is 3. The van der Waals surface area contributed by atoms with Gasteiger partial charge in [-0.3, -0.25) is 14.3 Å². The molecule has 48 heavy (non-hydrogen) atoms. The summed E-state index contributed by atoms with van der Waals surface area (Å²) < 4.78 is 41.8. The van der Waals surface area contributed by atoms with Crippen molar-refractivity contribution in [2.45, 2.75) is 63.5 Å². The molecule has 0 spiro atoms. The van der Waals surface area contributed by atoms with Crippen LogP contribution in [0.25, 0.3) is 11.2 Å². The number of nitrogens with one attached hydrogen (secondary N) is 1. The van der Waals surface area contributed by atoms with Crippen molar-refractivity contribution >= 4 is 24.7 Å². The van der Waals surface area contributed by atoms with Gasteiger partial charge in [0.05, 0.1) is 31.2 Å². The van der Waals surface area contributed by atoms with Gasteiger partial charge in [-0.2, -0.15) is 4.98 Å². The van der Waals surface area contributed by atoms with Crippen LogP contribution in [0.3, 0.4) is 0 Å². The molecule has 0 fully saturated rings. The molecule has 3 aromatic carbocycles. The van der Waals surface area contributed by atoms with E-state index in [-0.39, 0.29) is 23.7 Å². The summed E-state index contributed by atoms with van der Waals surface area (Å²) in [6.45, 7) is 7.19. The zero-order chi connectivity index (χ0) is 33.9. The number of nitrogens with zero attached hydrogens (tertiary/aromatic N) is 3. The SMILES string of the molecule is CC(C)OP(=O)(OC(C)C)[C@@H]1C=C[C@@H](n2cnc3c(=O)[nH]c(N)nc32)[C@@H](COC(c2ccccc2)(c2ccccc2)c2ccccc2)O1. The van der Waals surface area contributed by atoms with Gasteiger partial charge in [-0.05, 0) is 50.5 Å². The number of hydrogen-bond donors (Lipinski definition) is 2. The molecule has 250 valence electrons. The molecular formula is C36H40N5O6P. The van der Waals surface area contributed by atoms with Gasteiger partial charge in [0, 0.05) is 0 Å². The first-order valence-corrected chi connectivity index (χ1v) is 17.5. The number of fused-ring (bicyclic) bond motifs is 1. The Bertz CT molecular complexity index is 1850. The van der Waals surface area contributed by atoms with Crippen LogP contribution in [0.4, 0.5) is 5.95 Å². The van der Waals surface area contributed by atoms with Crippen LogP contribution in [0.5, 0.6) is 0 Å². The summed E-state index contributed by atoms with van der Waals surface area (Å²) in [5, 5.41) is 0. The molecule has 0 unspecified atom stereocenters. The molecule has 1 aliphatic rings. The summed E-state index contributed by atoms with van der Waals surface area (Å²) in [6, 6.07) is 29.4. The highest BCUT2D eigenvalue weighted by Gasteiger charge is 2.45. The van der Waals surface area contributed by atoms with Crippen LogP contribution in [0.1, 0.15) is 50.4 Å². The van der Waals surface area contributed by atoms with Gasteiger partial charge in [0.15, 0.2) is 17.0 Å². The average Bonchev–Trinajstić information content (AvgIpc) is 3.50. The number of hydrogen-bond acceptors (Lipinski definition) is 9. The molecule has 6 rings (SSSR count). The molecule has 5 aromatic rings. The first kappa shape index (κ1) is 33.5. The molecule has 3 heterocycles. The number of rotatable bonds is 12. The average molecular weight is 670 g/mol. The lowest BCUT2D eigenvalue weighted by Gasteiger charge is -2.40. The number of ether oxygens (including phenoxy) is 2. The van der Waals surface area contributed by atoms with Gasteiger partial charge < -0.3 is 28.8 Å². The van der Waals surface area contributed by atoms with Gasteiger partial charge in [0.25, 0.3) is 5.56 Å². The predicted molar refractivity (Wildman–Crippen MR) is 185 cm³/mol. The fraction of sp³-hybridized carbons (Fsp3) is 0.306. The second-order valence-corrected chi connectivity index (χ2v) is 14.2. The lowest BCUT2D eigenvalue weighted by Crippen LogP contribution is -2.41. The van der Waals surface area contributed by atoms with Crippen LogP contribution < -0.4 is 11.3 Å². The molecule has 2 aromatic heterocycles. The molecule has 3 atom stereocenters. The Morgan fingerprint density at radius 2 is 1.40 bits per heavy atom. The van der Waals surface area contributed by atoms with Crippen molar-refractivity contribution in [3.05, 3.63) is 137 Å². The van der Waals surface area contributed by atoms with E-state index in [1.54, 1.807) is 38.3 Å². The molecule has 0 bridgehead atoms. The summed E-state index contributed by atoms with van der Waals surface area (Å²) in [6.07, 6.45) is 3.47. The van der Waals surface area contributed by atoms with Gasteiger partial charge in [-0.1, -0.05) is 97.1 Å². The molecule has 0 amide bonds. The zero-order valence-corrected chi connectivity index (χ0v) is 28.2. The number of anilines is 1. The van der Waals surface area contributed by atoms with Crippen molar-refractivity contribution in [2.24, 2.45) is 0 Å². The Balaban J connectivity index is 1.48. The smallest absolute Gasteiger partial charge is 0.363 e. The lowest BCUT2D eigenvalue weighted by atomic mass is 9.80. The number of imidazole rings is 1. The molecule has 3 N–H and O–H groups in total. The van der Waals surface area contributed by atoms with Gasteiger partial charge >= 0.3 is 7.60 Å². The Morgan fingerprint density at radius 3 is 1.90 bits per heavy atom. The van der Waals surface area contributed by atoms with Crippen LogP contribution >= 0.6 is 7.60 Å².